The molecule has 0 saturated heterocycles. The molecular formula is C24H31FN2O2. The summed E-state index contributed by atoms with van der Waals surface area (Å²) < 4.78 is 13.2. The van der Waals surface area contributed by atoms with Crippen LogP contribution in [0.2, 0.25) is 0 Å². The molecule has 29 heavy (non-hydrogen) atoms. The van der Waals surface area contributed by atoms with Gasteiger partial charge in [0.1, 0.15) is 11.9 Å². The lowest BCUT2D eigenvalue weighted by molar-refractivity contribution is -0.140. The highest BCUT2D eigenvalue weighted by Crippen LogP contribution is 2.14. The minimum absolute atomic E-state index is 0.0953. The third kappa shape index (κ3) is 7.33. The lowest BCUT2D eigenvalue weighted by Gasteiger charge is -2.29. The number of halogens is 1. The lowest BCUT2D eigenvalue weighted by atomic mass is 10.1. The quantitative estimate of drug-likeness (QED) is 0.686. The molecule has 0 bridgehead atoms. The zero-order valence-electron chi connectivity index (χ0n) is 17.7. The molecule has 2 amide bonds. The molecular weight excluding hydrogens is 367 g/mol. The molecule has 0 saturated carbocycles. The van der Waals surface area contributed by atoms with Crippen molar-refractivity contribution >= 4 is 11.8 Å². The van der Waals surface area contributed by atoms with Gasteiger partial charge in [0.05, 0.1) is 0 Å². The van der Waals surface area contributed by atoms with Crippen molar-refractivity contribution in [2.24, 2.45) is 5.92 Å². The second kappa shape index (κ2) is 10.7. The summed E-state index contributed by atoms with van der Waals surface area (Å²) in [7, 11) is 0. The number of rotatable bonds is 9. The summed E-state index contributed by atoms with van der Waals surface area (Å²) in [6.07, 6.45) is 0.922. The van der Waals surface area contributed by atoms with Crippen molar-refractivity contribution in [2.45, 2.75) is 53.1 Å². The minimum Gasteiger partial charge on any atom is -0.354 e. The molecule has 156 valence electrons. The molecule has 5 heteroatoms. The molecule has 0 aromatic heterocycles. The number of aryl methyl sites for hydroxylation is 2. The van der Waals surface area contributed by atoms with Crippen LogP contribution in [0.3, 0.4) is 0 Å². The van der Waals surface area contributed by atoms with Crippen molar-refractivity contribution in [3.8, 4) is 0 Å². The second-order valence-electron chi connectivity index (χ2n) is 7.95. The van der Waals surface area contributed by atoms with Gasteiger partial charge in [-0.25, -0.2) is 4.39 Å². The number of carbonyl (C=O) groups is 2. The van der Waals surface area contributed by atoms with E-state index < -0.39 is 6.04 Å². The van der Waals surface area contributed by atoms with Crippen molar-refractivity contribution in [3.05, 3.63) is 71.0 Å². The summed E-state index contributed by atoms with van der Waals surface area (Å²) in [5, 5.41) is 2.90. The first-order valence-corrected chi connectivity index (χ1v) is 10.1. The van der Waals surface area contributed by atoms with Crippen molar-refractivity contribution in [1.29, 1.82) is 0 Å². The molecule has 0 heterocycles. The molecule has 2 rings (SSSR count). The summed E-state index contributed by atoms with van der Waals surface area (Å²) in [6, 6.07) is 13.5. The van der Waals surface area contributed by atoms with Crippen molar-refractivity contribution in [2.75, 3.05) is 6.54 Å². The summed E-state index contributed by atoms with van der Waals surface area (Å²) >= 11 is 0. The number of carbonyl (C=O) groups excluding carboxylic acids is 2. The first-order valence-electron chi connectivity index (χ1n) is 10.1. The summed E-state index contributed by atoms with van der Waals surface area (Å²) in [6.45, 7) is 8.64. The van der Waals surface area contributed by atoms with E-state index in [9.17, 15) is 14.0 Å². The monoisotopic (exact) mass is 398 g/mol. The van der Waals surface area contributed by atoms with Gasteiger partial charge in [-0.05, 0) is 49.4 Å². The predicted octanol–water partition coefficient (Wildman–Crippen LogP) is 4.26. The Kier molecular flexibility index (Phi) is 8.37. The second-order valence-corrected chi connectivity index (χ2v) is 7.95. The van der Waals surface area contributed by atoms with Crippen LogP contribution in [0, 0.1) is 18.7 Å². The van der Waals surface area contributed by atoms with E-state index in [0.29, 0.717) is 25.3 Å². The van der Waals surface area contributed by atoms with Gasteiger partial charge in [-0.2, -0.15) is 0 Å². The van der Waals surface area contributed by atoms with E-state index in [1.807, 2.05) is 45.0 Å². The SMILES string of the molecule is Cc1ccc(CCC(=O)N(Cc2ccc(F)cc2)[C@@H](C)C(=O)NCC(C)C)cc1. The Bertz CT molecular complexity index is 801. The third-order valence-corrected chi connectivity index (χ3v) is 4.87. The molecule has 0 fully saturated rings. The summed E-state index contributed by atoms with van der Waals surface area (Å²) in [4.78, 5) is 27.2. The molecule has 4 nitrogen and oxygen atoms in total. The van der Waals surface area contributed by atoms with Crippen molar-refractivity contribution in [3.63, 3.8) is 0 Å². The number of nitrogens with zero attached hydrogens (tertiary/aromatic N) is 1. The van der Waals surface area contributed by atoms with Gasteiger partial charge in [0, 0.05) is 19.5 Å². The average molecular weight is 399 g/mol. The lowest BCUT2D eigenvalue weighted by Crippen LogP contribution is -2.48. The number of hydrogen-bond donors (Lipinski definition) is 1. The van der Waals surface area contributed by atoms with Crippen molar-refractivity contribution in [1.82, 2.24) is 10.2 Å². The Balaban J connectivity index is 2.10. The molecule has 2 aromatic carbocycles. The number of hydrogen-bond acceptors (Lipinski definition) is 2. The van der Waals surface area contributed by atoms with Crippen LogP contribution < -0.4 is 5.32 Å². The molecule has 0 radical (unpaired) electrons. The van der Waals surface area contributed by atoms with Crippen LogP contribution in [-0.2, 0) is 22.6 Å². The molecule has 0 spiro atoms. The summed E-state index contributed by atoms with van der Waals surface area (Å²) in [5.41, 5.74) is 3.05. The summed E-state index contributed by atoms with van der Waals surface area (Å²) in [5.74, 6) is -0.269. The number of amides is 2. The van der Waals surface area contributed by atoms with E-state index in [1.54, 1.807) is 24.0 Å². The first kappa shape index (κ1) is 22.6. The van der Waals surface area contributed by atoms with Gasteiger partial charge in [-0.3, -0.25) is 9.59 Å². The average Bonchev–Trinajstić information content (AvgIpc) is 2.70. The Labute approximate surface area is 173 Å². The fourth-order valence-corrected chi connectivity index (χ4v) is 2.97. The van der Waals surface area contributed by atoms with Crippen LogP contribution >= 0.6 is 0 Å². The van der Waals surface area contributed by atoms with Crippen LogP contribution in [0.5, 0.6) is 0 Å². The Morgan fingerprint density at radius 1 is 0.966 bits per heavy atom. The first-order chi connectivity index (χ1) is 13.8. The smallest absolute Gasteiger partial charge is 0.242 e. The third-order valence-electron chi connectivity index (χ3n) is 4.87. The van der Waals surface area contributed by atoms with Gasteiger partial charge >= 0.3 is 0 Å². The largest absolute Gasteiger partial charge is 0.354 e. The highest BCUT2D eigenvalue weighted by molar-refractivity contribution is 5.87. The Morgan fingerprint density at radius 2 is 1.55 bits per heavy atom. The van der Waals surface area contributed by atoms with Crippen LogP contribution in [-0.4, -0.2) is 29.3 Å². The topological polar surface area (TPSA) is 49.4 Å². The van der Waals surface area contributed by atoms with Gasteiger partial charge in [0.15, 0.2) is 0 Å². The molecule has 2 aromatic rings. The van der Waals surface area contributed by atoms with Gasteiger partial charge in [-0.15, -0.1) is 0 Å². The predicted molar refractivity (Wildman–Crippen MR) is 114 cm³/mol. The Morgan fingerprint density at radius 3 is 2.14 bits per heavy atom. The zero-order valence-corrected chi connectivity index (χ0v) is 17.7. The van der Waals surface area contributed by atoms with Gasteiger partial charge in [-0.1, -0.05) is 55.8 Å². The van der Waals surface area contributed by atoms with E-state index in [0.717, 1.165) is 11.1 Å². The molecule has 1 atom stereocenters. The normalized spacial score (nSPS) is 11.9. The maximum atomic E-state index is 13.2. The highest BCUT2D eigenvalue weighted by atomic mass is 19.1. The molecule has 0 unspecified atom stereocenters. The molecule has 0 aliphatic carbocycles. The van der Waals surface area contributed by atoms with Gasteiger partial charge < -0.3 is 10.2 Å². The number of benzene rings is 2. The maximum absolute atomic E-state index is 13.2. The van der Waals surface area contributed by atoms with Crippen LogP contribution in [0.4, 0.5) is 4.39 Å². The van der Waals surface area contributed by atoms with Crippen molar-refractivity contribution < 1.29 is 14.0 Å². The van der Waals surface area contributed by atoms with E-state index >= 15 is 0 Å². The van der Waals surface area contributed by atoms with Gasteiger partial charge in [0.25, 0.3) is 0 Å². The molecule has 0 aliphatic rings. The van der Waals surface area contributed by atoms with E-state index in [1.165, 1.54) is 17.7 Å². The van der Waals surface area contributed by atoms with Gasteiger partial charge in [0.2, 0.25) is 11.8 Å². The number of nitrogens with one attached hydrogen (secondary N) is 1. The zero-order chi connectivity index (χ0) is 21.4. The minimum atomic E-state index is -0.607. The fraction of sp³-hybridized carbons (Fsp3) is 0.417. The fourth-order valence-electron chi connectivity index (χ4n) is 2.97. The van der Waals surface area contributed by atoms with E-state index in [2.05, 4.69) is 5.32 Å². The van der Waals surface area contributed by atoms with E-state index in [-0.39, 0.29) is 24.2 Å². The van der Waals surface area contributed by atoms with Crippen LogP contribution in [0.15, 0.2) is 48.5 Å². The van der Waals surface area contributed by atoms with Crippen LogP contribution in [0.25, 0.3) is 0 Å². The highest BCUT2D eigenvalue weighted by Gasteiger charge is 2.26. The van der Waals surface area contributed by atoms with Crippen LogP contribution in [0.1, 0.15) is 43.9 Å². The van der Waals surface area contributed by atoms with E-state index in [4.69, 9.17) is 0 Å². The maximum Gasteiger partial charge on any atom is 0.242 e. The standard InChI is InChI=1S/C24H31FN2O2/c1-17(2)15-26-24(29)19(4)27(16-21-9-12-22(25)13-10-21)23(28)14-11-20-7-5-18(3)6-8-20/h5-10,12-13,17,19H,11,14-16H2,1-4H3,(H,26,29)/t19-/m0/s1. The Hall–Kier alpha value is -2.69. The molecule has 1 N–H and O–H groups in total. The molecule has 0 aliphatic heterocycles.